The molecule has 12 N–H and O–H groups in total. The molecule has 3 heterocycles. The summed E-state index contributed by atoms with van der Waals surface area (Å²) in [6.45, 7) is 12.8. The van der Waals surface area contributed by atoms with Crippen molar-refractivity contribution in [2.24, 2.45) is 44.8 Å². The first-order chi connectivity index (χ1) is 31.9. The van der Waals surface area contributed by atoms with Gasteiger partial charge in [0.2, 0.25) is 6.29 Å². The highest BCUT2D eigenvalue weighted by Crippen LogP contribution is 2.74. The van der Waals surface area contributed by atoms with E-state index in [0.29, 0.717) is 57.8 Å². The molecule has 0 aromatic carbocycles. The van der Waals surface area contributed by atoms with Crippen molar-refractivity contribution in [3.8, 4) is 0 Å². The average molecular weight is 973 g/mol. The Hall–Kier alpha value is -2.22. The number of carboxylic acids is 1. The van der Waals surface area contributed by atoms with Crippen molar-refractivity contribution >= 4 is 11.9 Å². The lowest BCUT2D eigenvalue weighted by atomic mass is 9.35. The summed E-state index contributed by atoms with van der Waals surface area (Å²) in [4.78, 5) is 27.3. The van der Waals surface area contributed by atoms with Gasteiger partial charge in [-0.15, -0.1) is 0 Å². The number of rotatable bonds is 14. The van der Waals surface area contributed by atoms with E-state index in [-0.39, 0.29) is 40.8 Å². The number of aliphatic carboxylic acids is 1. The quantitative estimate of drug-likeness (QED) is 0.0586. The van der Waals surface area contributed by atoms with Gasteiger partial charge in [0.25, 0.3) is 0 Å². The molecule has 3 saturated carbocycles. The number of carbonyl (C=O) groups is 2. The van der Waals surface area contributed by atoms with E-state index in [4.69, 9.17) is 28.4 Å². The largest absolute Gasteiger partial charge is 0.478 e. The van der Waals surface area contributed by atoms with Gasteiger partial charge in [-0.3, -0.25) is 4.79 Å². The number of allylic oxidation sites excluding steroid dienone is 2. The zero-order valence-corrected chi connectivity index (χ0v) is 39.7. The van der Waals surface area contributed by atoms with Gasteiger partial charge in [0.1, 0.15) is 73.2 Å². The Labute approximate surface area is 396 Å². The summed E-state index contributed by atoms with van der Waals surface area (Å²) in [7, 11) is 0. The van der Waals surface area contributed by atoms with Crippen LogP contribution in [0, 0.1) is 44.8 Å². The van der Waals surface area contributed by atoms with Crippen molar-refractivity contribution in [3.05, 3.63) is 23.8 Å². The average Bonchev–Trinajstić information content (AvgIpc) is 3.29. The number of esters is 1. The summed E-state index contributed by atoms with van der Waals surface area (Å²) in [6.07, 6.45) is -17.9. The van der Waals surface area contributed by atoms with E-state index < -0.39 is 140 Å². The van der Waals surface area contributed by atoms with Crippen LogP contribution in [0.2, 0.25) is 0 Å². The fourth-order valence-electron chi connectivity index (χ4n) is 13.8. The van der Waals surface area contributed by atoms with Gasteiger partial charge in [-0.25, -0.2) is 4.79 Å². The van der Waals surface area contributed by atoms with E-state index in [1.807, 2.05) is 0 Å². The second-order valence-corrected chi connectivity index (χ2v) is 22.3. The zero-order valence-electron chi connectivity index (χ0n) is 39.7. The number of hydrogen-bond donors (Lipinski definition) is 12. The lowest BCUT2D eigenvalue weighted by molar-refractivity contribution is -0.365. The SMILES string of the molecule is C=C(C(=O)O)C1CCC2(C)C(CC=C3C4CC(C)(C)CCC4(C(=O)OC4OC(COC5OC(CO)C(O)C(OC6OC(CO)C(O)C(O)C6O)C5O)C(O)C(O)C4O)CCC32C)C1(C)CCCO. The summed E-state index contributed by atoms with van der Waals surface area (Å²) in [6, 6.07) is 0. The van der Waals surface area contributed by atoms with Gasteiger partial charge in [-0.2, -0.15) is 0 Å². The van der Waals surface area contributed by atoms with Crippen LogP contribution in [0.15, 0.2) is 23.8 Å². The molecular formula is C48H76O20. The van der Waals surface area contributed by atoms with E-state index in [2.05, 4.69) is 47.3 Å². The summed E-state index contributed by atoms with van der Waals surface area (Å²) in [5.74, 6) is -2.15. The first-order valence-corrected chi connectivity index (χ1v) is 24.2. The van der Waals surface area contributed by atoms with Gasteiger partial charge in [0.05, 0.1) is 25.2 Å². The molecule has 0 amide bonds. The van der Waals surface area contributed by atoms with Gasteiger partial charge in [-0.1, -0.05) is 52.8 Å². The van der Waals surface area contributed by atoms with Crippen LogP contribution in [0.4, 0.5) is 0 Å². The van der Waals surface area contributed by atoms with Crippen LogP contribution >= 0.6 is 0 Å². The molecule has 0 spiro atoms. The highest BCUT2D eigenvalue weighted by atomic mass is 16.8. The van der Waals surface area contributed by atoms with Crippen molar-refractivity contribution in [3.63, 3.8) is 0 Å². The molecule has 22 unspecified atom stereocenters. The molecule has 3 saturated heterocycles. The molecule has 0 aromatic heterocycles. The van der Waals surface area contributed by atoms with Crippen LogP contribution < -0.4 is 0 Å². The van der Waals surface area contributed by atoms with E-state index in [9.17, 15) is 70.9 Å². The van der Waals surface area contributed by atoms with Crippen molar-refractivity contribution in [1.29, 1.82) is 0 Å². The molecule has 388 valence electrons. The topological polar surface area (TPSA) is 332 Å². The highest BCUT2D eigenvalue weighted by Gasteiger charge is 2.68. The molecule has 6 fully saturated rings. The summed E-state index contributed by atoms with van der Waals surface area (Å²) in [5, 5.41) is 126. The predicted molar refractivity (Wildman–Crippen MR) is 234 cm³/mol. The minimum atomic E-state index is -1.91. The highest BCUT2D eigenvalue weighted by molar-refractivity contribution is 5.86. The molecule has 20 nitrogen and oxygen atoms in total. The molecule has 22 atom stereocenters. The maximum atomic E-state index is 15.0. The van der Waals surface area contributed by atoms with E-state index in [1.54, 1.807) is 0 Å². The van der Waals surface area contributed by atoms with Gasteiger partial charge < -0.3 is 89.7 Å². The number of fused-ring (bicyclic) bond motifs is 5. The monoisotopic (exact) mass is 972 g/mol. The fourth-order valence-corrected chi connectivity index (χ4v) is 13.8. The molecule has 4 aliphatic carbocycles. The molecular weight excluding hydrogens is 897 g/mol. The van der Waals surface area contributed by atoms with Crippen LogP contribution in [-0.2, 0) is 38.0 Å². The smallest absolute Gasteiger partial charge is 0.331 e. The second-order valence-electron chi connectivity index (χ2n) is 22.3. The number of hydrogen-bond acceptors (Lipinski definition) is 19. The summed E-state index contributed by atoms with van der Waals surface area (Å²) >= 11 is 0. The molecule has 7 aliphatic rings. The van der Waals surface area contributed by atoms with Gasteiger partial charge in [0.15, 0.2) is 12.6 Å². The zero-order chi connectivity index (χ0) is 50.1. The van der Waals surface area contributed by atoms with Gasteiger partial charge in [0, 0.05) is 12.2 Å². The molecule has 7 rings (SSSR count). The van der Waals surface area contributed by atoms with Crippen LogP contribution in [0.1, 0.15) is 98.8 Å². The fraction of sp³-hybridized carbons (Fsp3) is 0.875. The Morgan fingerprint density at radius 3 is 1.94 bits per heavy atom. The third-order valence-corrected chi connectivity index (χ3v) is 18.2. The third kappa shape index (κ3) is 9.04. The molecule has 3 aliphatic heterocycles. The molecule has 0 radical (unpaired) electrons. The Morgan fingerprint density at radius 1 is 0.721 bits per heavy atom. The maximum absolute atomic E-state index is 15.0. The predicted octanol–water partition coefficient (Wildman–Crippen LogP) is -0.627. The number of carbonyl (C=O) groups excluding carboxylic acids is 1. The first-order valence-electron chi connectivity index (χ1n) is 24.2. The number of ether oxygens (including phenoxy) is 6. The van der Waals surface area contributed by atoms with Crippen molar-refractivity contribution in [2.75, 3.05) is 26.4 Å². The normalized spacial score (nSPS) is 49.1. The number of carboxylic acid groups (broad SMARTS) is 1. The molecule has 0 bridgehead atoms. The Bertz CT molecular complexity index is 1860. The lowest BCUT2D eigenvalue weighted by Crippen LogP contribution is -2.65. The third-order valence-electron chi connectivity index (χ3n) is 18.2. The minimum Gasteiger partial charge on any atom is -0.478 e. The summed E-state index contributed by atoms with van der Waals surface area (Å²) in [5.41, 5.74) is -1.03. The Morgan fingerprint density at radius 2 is 1.31 bits per heavy atom. The lowest BCUT2D eigenvalue weighted by Gasteiger charge is -2.69. The van der Waals surface area contributed by atoms with Crippen LogP contribution in [0.5, 0.6) is 0 Å². The number of aliphatic hydroxyl groups is 11. The van der Waals surface area contributed by atoms with Crippen LogP contribution in [0.3, 0.4) is 0 Å². The van der Waals surface area contributed by atoms with Crippen molar-refractivity contribution in [2.45, 2.75) is 191 Å². The minimum absolute atomic E-state index is 0.0181. The van der Waals surface area contributed by atoms with Gasteiger partial charge >= 0.3 is 11.9 Å². The van der Waals surface area contributed by atoms with Gasteiger partial charge in [-0.05, 0) is 104 Å². The van der Waals surface area contributed by atoms with Crippen molar-refractivity contribution in [1.82, 2.24) is 0 Å². The standard InChI is InChI=1S/C48H76O20/c1-22(39(60)61)23-10-12-47(6)29(45(23,4)11-7-17-49)9-8-24-25-18-44(2,3)13-15-48(25,16-14-46(24,47)5)43(62)68-42-36(58)34(56)31(53)28(66-42)21-63-40-37(59)38(32(54)27(20-51)64-40)67-41-35(57)33(55)30(52)26(19-50)65-41/h8,23,25-38,40-42,49-59H,1,7,9-21H2,2-6H3,(H,60,61). The first kappa shape index (κ1) is 53.6. The van der Waals surface area contributed by atoms with Crippen LogP contribution in [0.25, 0.3) is 0 Å². The number of aliphatic hydroxyl groups excluding tert-OH is 11. The van der Waals surface area contributed by atoms with E-state index >= 15 is 0 Å². The molecule has 68 heavy (non-hydrogen) atoms. The maximum Gasteiger partial charge on any atom is 0.331 e. The van der Waals surface area contributed by atoms with Crippen LogP contribution in [-0.4, -0.2) is 192 Å². The molecule has 20 heteroatoms. The Kier molecular flexibility index (Phi) is 15.8. The Balaban J connectivity index is 1.09. The second kappa shape index (κ2) is 20.0. The van der Waals surface area contributed by atoms with Crippen molar-refractivity contribution < 1.29 is 99.3 Å². The molecule has 0 aromatic rings. The van der Waals surface area contributed by atoms with E-state index in [0.717, 1.165) is 12.0 Å². The summed E-state index contributed by atoms with van der Waals surface area (Å²) < 4.78 is 34.5. The van der Waals surface area contributed by atoms with E-state index in [1.165, 1.54) is 0 Å².